The molecule has 46 valence electrons. The molecular weight excluding hydrogens is 177 g/mol. The number of hydrogen-bond acceptors (Lipinski definition) is 1. The Bertz CT molecular complexity index is 41.8. The quantitative estimate of drug-likeness (QED) is 0.655. The van der Waals surface area contributed by atoms with Crippen molar-refractivity contribution >= 4 is 0 Å². The third kappa shape index (κ3) is 5.21. The van der Waals surface area contributed by atoms with Crippen LogP contribution < -0.4 is 0 Å². The van der Waals surface area contributed by atoms with Crippen molar-refractivity contribution in [2.45, 2.75) is 29.6 Å². The summed E-state index contributed by atoms with van der Waals surface area (Å²) >= 11 is 1.25. The standard InChI is InChI=1S/C6H13O.Y/c1-3-5-6-7-4-2;/h6H,3-5H2,1-2H3;. The van der Waals surface area contributed by atoms with Crippen LogP contribution in [0.1, 0.15) is 26.7 Å². The van der Waals surface area contributed by atoms with Crippen LogP contribution in [0.15, 0.2) is 0 Å². The van der Waals surface area contributed by atoms with Crippen LogP contribution in [0.25, 0.3) is 0 Å². The van der Waals surface area contributed by atoms with E-state index in [4.69, 9.17) is 4.74 Å². The van der Waals surface area contributed by atoms with Gasteiger partial charge in [-0.05, 0) is 0 Å². The first-order valence-corrected chi connectivity index (χ1v) is 4.82. The third-order valence-electron chi connectivity index (χ3n) is 0.954. The first kappa shape index (κ1) is 9.06. The Balaban J connectivity index is 2.92. The molecule has 2 heteroatoms. The minimum absolute atomic E-state index is 0.593. The van der Waals surface area contributed by atoms with Crippen molar-refractivity contribution in [3.05, 3.63) is 0 Å². The maximum atomic E-state index is 5.34. The second kappa shape index (κ2) is 6.19. The fraction of sp³-hybridized carbons (Fsp3) is 1.00. The Morgan fingerprint density at radius 3 is 2.50 bits per heavy atom. The van der Waals surface area contributed by atoms with E-state index < -0.39 is 0 Å². The van der Waals surface area contributed by atoms with Crippen LogP contribution in [-0.4, -0.2) is 9.52 Å². The zero-order valence-electron chi connectivity index (χ0n) is 5.68. The van der Waals surface area contributed by atoms with Gasteiger partial charge in [0.25, 0.3) is 0 Å². The fourth-order valence-corrected chi connectivity index (χ4v) is 1.87. The van der Waals surface area contributed by atoms with Gasteiger partial charge in [0, 0.05) is 0 Å². The van der Waals surface area contributed by atoms with E-state index in [9.17, 15) is 0 Å². The molecular formula is C6H13OY. The molecule has 0 aliphatic heterocycles. The number of hydrogen-bond donors (Lipinski definition) is 0. The molecule has 0 saturated heterocycles. The van der Waals surface area contributed by atoms with E-state index in [1.54, 1.807) is 0 Å². The molecule has 0 fully saturated rings. The Morgan fingerprint density at radius 2 is 2.12 bits per heavy atom. The molecule has 0 aromatic carbocycles. The summed E-state index contributed by atoms with van der Waals surface area (Å²) in [6, 6.07) is 0. The van der Waals surface area contributed by atoms with E-state index >= 15 is 0 Å². The van der Waals surface area contributed by atoms with E-state index in [1.807, 2.05) is 0 Å². The average Bonchev–Trinajstić information content (AvgIpc) is 1.68. The van der Waals surface area contributed by atoms with Crippen LogP contribution in [0.2, 0.25) is 0 Å². The van der Waals surface area contributed by atoms with Crippen molar-refractivity contribution in [2.75, 3.05) is 6.61 Å². The van der Waals surface area contributed by atoms with Crippen LogP contribution in [0.4, 0.5) is 0 Å². The Labute approximate surface area is 71.6 Å². The summed E-state index contributed by atoms with van der Waals surface area (Å²) < 4.78 is 5.93. The molecule has 0 N–H and O–H groups in total. The normalized spacial score (nSPS) is 13.6. The van der Waals surface area contributed by atoms with E-state index in [1.165, 1.54) is 43.8 Å². The second-order valence-corrected chi connectivity index (χ2v) is 3.61. The summed E-state index contributed by atoms with van der Waals surface area (Å²) in [7, 11) is 0. The van der Waals surface area contributed by atoms with Crippen molar-refractivity contribution in [3.8, 4) is 0 Å². The van der Waals surface area contributed by atoms with Crippen molar-refractivity contribution in [1.29, 1.82) is 0 Å². The molecule has 0 rings (SSSR count). The summed E-state index contributed by atoms with van der Waals surface area (Å²) in [5, 5.41) is 0. The zero-order chi connectivity index (χ0) is 6.41. The molecule has 0 bridgehead atoms. The Kier molecular flexibility index (Phi) is 7.01. The summed E-state index contributed by atoms with van der Waals surface area (Å²) in [6.07, 6.45) is 2.50. The number of ether oxygens (including phenoxy) is 1. The van der Waals surface area contributed by atoms with Gasteiger partial charge in [-0.2, -0.15) is 0 Å². The Hall–Kier alpha value is 1.06. The summed E-state index contributed by atoms with van der Waals surface area (Å²) in [5.74, 6) is 0. The predicted molar refractivity (Wildman–Crippen MR) is 30.3 cm³/mol. The van der Waals surface area contributed by atoms with Crippen molar-refractivity contribution < 1.29 is 35.7 Å². The summed E-state index contributed by atoms with van der Waals surface area (Å²) in [5.41, 5.74) is 0. The molecule has 0 saturated carbocycles. The van der Waals surface area contributed by atoms with Gasteiger partial charge in [0.1, 0.15) is 0 Å². The van der Waals surface area contributed by atoms with Gasteiger partial charge < -0.3 is 0 Å². The van der Waals surface area contributed by atoms with Crippen molar-refractivity contribution in [2.24, 2.45) is 0 Å². The monoisotopic (exact) mass is 190 g/mol. The second-order valence-electron chi connectivity index (χ2n) is 1.78. The molecule has 0 amide bonds. The molecule has 0 aliphatic rings. The molecule has 0 aliphatic carbocycles. The topological polar surface area (TPSA) is 9.23 Å². The van der Waals surface area contributed by atoms with Gasteiger partial charge in [0.2, 0.25) is 0 Å². The van der Waals surface area contributed by atoms with Gasteiger partial charge in [-0.25, -0.2) is 0 Å². The van der Waals surface area contributed by atoms with Crippen LogP contribution >= 0.6 is 0 Å². The fourth-order valence-electron chi connectivity index (χ4n) is 0.582. The zero-order valence-corrected chi connectivity index (χ0v) is 8.52. The van der Waals surface area contributed by atoms with Gasteiger partial charge in [-0.3, -0.25) is 0 Å². The summed E-state index contributed by atoms with van der Waals surface area (Å²) in [4.78, 5) is 0. The molecule has 1 nitrogen and oxygen atoms in total. The van der Waals surface area contributed by atoms with Gasteiger partial charge in [-0.1, -0.05) is 0 Å². The number of rotatable bonds is 4. The maximum absolute atomic E-state index is 5.34. The van der Waals surface area contributed by atoms with Crippen LogP contribution in [0.3, 0.4) is 0 Å². The van der Waals surface area contributed by atoms with Gasteiger partial charge in [0.05, 0.1) is 0 Å². The van der Waals surface area contributed by atoms with Gasteiger partial charge >= 0.3 is 71.9 Å². The molecule has 0 heterocycles. The van der Waals surface area contributed by atoms with E-state index in [-0.39, 0.29) is 0 Å². The molecule has 0 aromatic rings. The van der Waals surface area contributed by atoms with Gasteiger partial charge in [-0.15, -0.1) is 0 Å². The van der Waals surface area contributed by atoms with Crippen molar-refractivity contribution in [1.82, 2.24) is 0 Å². The third-order valence-corrected chi connectivity index (χ3v) is 2.25. The van der Waals surface area contributed by atoms with Crippen LogP contribution in [0, 0.1) is 0 Å². The first-order chi connectivity index (χ1) is 3.81. The van der Waals surface area contributed by atoms with Crippen molar-refractivity contribution in [3.63, 3.8) is 0 Å². The first-order valence-electron chi connectivity index (χ1n) is 3.18. The average molecular weight is 190 g/mol. The van der Waals surface area contributed by atoms with E-state index in [0.29, 0.717) is 2.91 Å². The molecule has 0 spiro atoms. The molecule has 0 aromatic heterocycles. The Morgan fingerprint density at radius 1 is 1.50 bits per heavy atom. The van der Waals surface area contributed by atoms with Crippen LogP contribution in [-0.2, 0) is 35.7 Å². The van der Waals surface area contributed by atoms with E-state index in [2.05, 4.69) is 13.8 Å². The predicted octanol–water partition coefficient (Wildman–Crippen LogP) is 1.70. The molecule has 1 unspecified atom stereocenters. The molecule has 0 radical (unpaired) electrons. The van der Waals surface area contributed by atoms with E-state index in [0.717, 1.165) is 6.61 Å². The molecule has 1 atom stereocenters. The summed E-state index contributed by atoms with van der Waals surface area (Å²) in [6.45, 7) is 5.13. The SMILES string of the molecule is CCC[CH]([Y])OCC. The van der Waals surface area contributed by atoms with Gasteiger partial charge in [0.15, 0.2) is 0 Å². The van der Waals surface area contributed by atoms with Crippen LogP contribution in [0.5, 0.6) is 0 Å². The minimum atomic E-state index is 0.593. The molecule has 8 heavy (non-hydrogen) atoms.